The van der Waals surface area contributed by atoms with E-state index >= 15 is 0 Å². The molecule has 5 nitrogen and oxygen atoms in total. The van der Waals surface area contributed by atoms with Crippen LogP contribution in [0.1, 0.15) is 30.5 Å². The van der Waals surface area contributed by atoms with Crippen molar-refractivity contribution in [3.05, 3.63) is 59.2 Å². The molecule has 0 saturated heterocycles. The van der Waals surface area contributed by atoms with Gasteiger partial charge in [-0.05, 0) is 57.9 Å². The van der Waals surface area contributed by atoms with E-state index in [1.165, 1.54) is 17.3 Å². The minimum Gasteiger partial charge on any atom is -0.325 e. The number of carbonyl (C=O) groups excluding carboxylic acids is 1. The van der Waals surface area contributed by atoms with Crippen molar-refractivity contribution < 1.29 is 4.79 Å². The molecule has 1 aromatic heterocycles. The van der Waals surface area contributed by atoms with Crippen LogP contribution in [0.15, 0.2) is 47.6 Å². The van der Waals surface area contributed by atoms with E-state index in [1.54, 1.807) is 0 Å². The van der Waals surface area contributed by atoms with Gasteiger partial charge in [0.05, 0.1) is 5.25 Å². The molecule has 6 heteroatoms. The highest BCUT2D eigenvalue weighted by Gasteiger charge is 2.21. The smallest absolute Gasteiger partial charge is 0.237 e. The quantitative estimate of drug-likeness (QED) is 0.597. The molecule has 0 fully saturated rings. The van der Waals surface area contributed by atoms with Gasteiger partial charge in [-0.25, -0.2) is 0 Å². The van der Waals surface area contributed by atoms with Gasteiger partial charge in [0.25, 0.3) is 0 Å². The van der Waals surface area contributed by atoms with Crippen molar-refractivity contribution >= 4 is 23.4 Å². The van der Waals surface area contributed by atoms with Gasteiger partial charge >= 0.3 is 0 Å². The van der Waals surface area contributed by atoms with E-state index in [1.807, 2.05) is 51.1 Å². The first kappa shape index (κ1) is 20.1. The standard InChI is InChI=1S/C22H26N4OS/c1-6-26-20(18-11-7-9-14(2)13-18)24-25-22(26)28-17(5)21(27)23-19-12-8-10-15(3)16(19)4/h7-13,17H,6H2,1-5H3,(H,23,27). The van der Waals surface area contributed by atoms with Gasteiger partial charge < -0.3 is 9.88 Å². The molecular weight excluding hydrogens is 368 g/mol. The van der Waals surface area contributed by atoms with Crippen LogP contribution in [0.25, 0.3) is 11.4 Å². The number of amides is 1. The number of aromatic nitrogens is 3. The van der Waals surface area contributed by atoms with E-state index in [9.17, 15) is 4.79 Å². The largest absolute Gasteiger partial charge is 0.325 e. The Bertz CT molecular complexity index is 996. The second-order valence-electron chi connectivity index (χ2n) is 6.92. The predicted octanol–water partition coefficient (Wildman–Crippen LogP) is 5.01. The van der Waals surface area contributed by atoms with Crippen molar-refractivity contribution in [1.29, 1.82) is 0 Å². The van der Waals surface area contributed by atoms with Gasteiger partial charge in [-0.3, -0.25) is 4.79 Å². The van der Waals surface area contributed by atoms with Gasteiger partial charge in [0.2, 0.25) is 5.91 Å². The molecule has 146 valence electrons. The number of anilines is 1. The topological polar surface area (TPSA) is 59.8 Å². The molecule has 28 heavy (non-hydrogen) atoms. The number of carbonyl (C=O) groups is 1. The first-order valence-electron chi connectivity index (χ1n) is 9.44. The van der Waals surface area contributed by atoms with E-state index in [-0.39, 0.29) is 11.2 Å². The average Bonchev–Trinajstić information content (AvgIpc) is 3.08. The van der Waals surface area contributed by atoms with Gasteiger partial charge in [-0.2, -0.15) is 0 Å². The Morgan fingerprint density at radius 3 is 2.61 bits per heavy atom. The SMILES string of the molecule is CCn1c(SC(C)C(=O)Nc2cccc(C)c2C)nnc1-c1cccc(C)c1. The molecule has 1 unspecified atom stereocenters. The highest BCUT2D eigenvalue weighted by Crippen LogP contribution is 2.28. The molecule has 1 atom stereocenters. The molecule has 3 rings (SSSR count). The van der Waals surface area contributed by atoms with Crippen LogP contribution in [-0.2, 0) is 11.3 Å². The molecule has 0 bridgehead atoms. The predicted molar refractivity (Wildman–Crippen MR) is 116 cm³/mol. The summed E-state index contributed by atoms with van der Waals surface area (Å²) in [7, 11) is 0. The van der Waals surface area contributed by atoms with Crippen LogP contribution >= 0.6 is 11.8 Å². The molecule has 1 heterocycles. The summed E-state index contributed by atoms with van der Waals surface area (Å²) in [5, 5.41) is 12.2. The molecule has 1 N–H and O–H groups in total. The van der Waals surface area contributed by atoms with Crippen LogP contribution in [-0.4, -0.2) is 25.9 Å². The number of aryl methyl sites for hydroxylation is 2. The lowest BCUT2D eigenvalue weighted by Gasteiger charge is -2.15. The van der Waals surface area contributed by atoms with Crippen LogP contribution in [0.4, 0.5) is 5.69 Å². The lowest BCUT2D eigenvalue weighted by molar-refractivity contribution is -0.115. The number of nitrogens with one attached hydrogen (secondary N) is 1. The molecular formula is C22H26N4OS. The zero-order valence-corrected chi connectivity index (χ0v) is 17.8. The van der Waals surface area contributed by atoms with Crippen LogP contribution < -0.4 is 5.32 Å². The van der Waals surface area contributed by atoms with Crippen molar-refractivity contribution in [2.75, 3.05) is 5.32 Å². The molecule has 0 aliphatic heterocycles. The summed E-state index contributed by atoms with van der Waals surface area (Å²) in [4.78, 5) is 12.7. The Morgan fingerprint density at radius 2 is 1.89 bits per heavy atom. The Labute approximate surface area is 170 Å². The highest BCUT2D eigenvalue weighted by atomic mass is 32.2. The van der Waals surface area contributed by atoms with Crippen molar-refractivity contribution in [2.24, 2.45) is 0 Å². The van der Waals surface area contributed by atoms with E-state index in [0.29, 0.717) is 0 Å². The Hall–Kier alpha value is -2.60. The lowest BCUT2D eigenvalue weighted by Crippen LogP contribution is -2.23. The molecule has 0 aliphatic carbocycles. The van der Waals surface area contributed by atoms with Gasteiger partial charge in [0.1, 0.15) is 0 Å². The number of benzene rings is 2. The van der Waals surface area contributed by atoms with Crippen molar-refractivity contribution in [2.45, 2.75) is 51.6 Å². The third-order valence-corrected chi connectivity index (χ3v) is 5.90. The van der Waals surface area contributed by atoms with Gasteiger partial charge in [-0.1, -0.05) is 47.7 Å². The normalized spacial score (nSPS) is 12.0. The van der Waals surface area contributed by atoms with Crippen LogP contribution in [0.2, 0.25) is 0 Å². The fourth-order valence-corrected chi connectivity index (χ4v) is 3.90. The lowest BCUT2D eigenvalue weighted by atomic mass is 10.1. The maximum atomic E-state index is 12.7. The minimum absolute atomic E-state index is 0.0403. The molecule has 0 aliphatic rings. The summed E-state index contributed by atoms with van der Waals surface area (Å²) in [5.74, 6) is 0.789. The summed E-state index contributed by atoms with van der Waals surface area (Å²) in [6.07, 6.45) is 0. The zero-order chi connectivity index (χ0) is 20.3. The van der Waals surface area contributed by atoms with Crippen molar-refractivity contribution in [3.63, 3.8) is 0 Å². The van der Waals surface area contributed by atoms with Crippen LogP contribution in [0, 0.1) is 20.8 Å². The summed E-state index contributed by atoms with van der Waals surface area (Å²) in [5.41, 5.74) is 5.32. The number of hydrogen-bond acceptors (Lipinski definition) is 4. The molecule has 0 radical (unpaired) electrons. The van der Waals surface area contributed by atoms with Gasteiger partial charge in [-0.15, -0.1) is 10.2 Å². The monoisotopic (exact) mass is 394 g/mol. The molecule has 3 aromatic rings. The highest BCUT2D eigenvalue weighted by molar-refractivity contribution is 8.00. The Morgan fingerprint density at radius 1 is 1.14 bits per heavy atom. The maximum Gasteiger partial charge on any atom is 0.237 e. The summed E-state index contributed by atoms with van der Waals surface area (Å²) >= 11 is 1.43. The Balaban J connectivity index is 1.77. The second kappa shape index (κ2) is 8.61. The molecule has 0 saturated carbocycles. The van der Waals surface area contributed by atoms with Crippen molar-refractivity contribution in [1.82, 2.24) is 14.8 Å². The Kier molecular flexibility index (Phi) is 6.19. The minimum atomic E-state index is -0.292. The number of hydrogen-bond donors (Lipinski definition) is 1. The van der Waals surface area contributed by atoms with E-state index in [2.05, 4.69) is 46.1 Å². The summed E-state index contributed by atoms with van der Waals surface area (Å²) in [6, 6.07) is 14.1. The summed E-state index contributed by atoms with van der Waals surface area (Å²) < 4.78 is 2.06. The first-order chi connectivity index (χ1) is 13.4. The van der Waals surface area contributed by atoms with E-state index in [4.69, 9.17) is 0 Å². The molecule has 2 aromatic carbocycles. The first-order valence-corrected chi connectivity index (χ1v) is 10.3. The van der Waals surface area contributed by atoms with Crippen molar-refractivity contribution in [3.8, 4) is 11.4 Å². The second-order valence-corrected chi connectivity index (χ2v) is 8.22. The third-order valence-electron chi connectivity index (χ3n) is 4.82. The number of nitrogens with zero attached hydrogens (tertiary/aromatic N) is 3. The fraction of sp³-hybridized carbons (Fsp3) is 0.318. The zero-order valence-electron chi connectivity index (χ0n) is 17.0. The van der Waals surface area contributed by atoms with E-state index < -0.39 is 0 Å². The third kappa shape index (κ3) is 4.28. The number of rotatable bonds is 6. The van der Waals surface area contributed by atoms with Crippen LogP contribution in [0.5, 0.6) is 0 Å². The van der Waals surface area contributed by atoms with Gasteiger partial charge in [0.15, 0.2) is 11.0 Å². The summed E-state index contributed by atoms with van der Waals surface area (Å²) in [6.45, 7) is 10.8. The average molecular weight is 395 g/mol. The molecule has 0 spiro atoms. The van der Waals surface area contributed by atoms with Gasteiger partial charge in [0, 0.05) is 17.8 Å². The maximum absolute atomic E-state index is 12.7. The van der Waals surface area contributed by atoms with Crippen LogP contribution in [0.3, 0.4) is 0 Å². The van der Waals surface area contributed by atoms with E-state index in [0.717, 1.165) is 39.9 Å². The fourth-order valence-electron chi connectivity index (χ4n) is 2.99. The molecule has 1 amide bonds. The number of thioether (sulfide) groups is 1.